The van der Waals surface area contributed by atoms with Crippen LogP contribution in [0.5, 0.6) is 0 Å². The molecule has 0 saturated heterocycles. The standard InChI is InChI=1S/C14H19N3/c1-10-16-12-7-3-5-9-14(12)17(10)13-8-4-2-6-11(13)15/h3,5,7,9,11,13H,2,4,6,8,15H2,1H3/t11-,13-/m1/s1. The van der Waals surface area contributed by atoms with Gasteiger partial charge >= 0.3 is 0 Å². The molecule has 3 nitrogen and oxygen atoms in total. The Labute approximate surface area is 102 Å². The average Bonchev–Trinajstić information content (AvgIpc) is 2.66. The minimum absolute atomic E-state index is 0.278. The molecule has 0 aliphatic heterocycles. The number of rotatable bonds is 1. The van der Waals surface area contributed by atoms with E-state index in [-0.39, 0.29) is 6.04 Å². The van der Waals surface area contributed by atoms with Crippen molar-refractivity contribution in [2.45, 2.75) is 44.7 Å². The predicted molar refractivity (Wildman–Crippen MR) is 70.0 cm³/mol. The van der Waals surface area contributed by atoms with E-state index in [0.29, 0.717) is 6.04 Å². The van der Waals surface area contributed by atoms with Crippen LogP contribution < -0.4 is 5.73 Å². The lowest BCUT2D eigenvalue weighted by atomic mass is 9.90. The minimum Gasteiger partial charge on any atom is -0.326 e. The van der Waals surface area contributed by atoms with Crippen molar-refractivity contribution in [2.24, 2.45) is 5.73 Å². The molecule has 0 unspecified atom stereocenters. The minimum atomic E-state index is 0.278. The third-order valence-corrected chi connectivity index (χ3v) is 3.89. The number of imidazole rings is 1. The third kappa shape index (κ3) is 1.75. The Morgan fingerprint density at radius 3 is 2.82 bits per heavy atom. The van der Waals surface area contributed by atoms with Crippen LogP contribution in [0.2, 0.25) is 0 Å². The summed E-state index contributed by atoms with van der Waals surface area (Å²) < 4.78 is 2.35. The molecule has 0 spiro atoms. The summed E-state index contributed by atoms with van der Waals surface area (Å²) in [5, 5.41) is 0. The number of benzene rings is 1. The largest absolute Gasteiger partial charge is 0.326 e. The number of aryl methyl sites for hydroxylation is 1. The topological polar surface area (TPSA) is 43.8 Å². The first-order valence-corrected chi connectivity index (χ1v) is 6.46. The molecular formula is C14H19N3. The van der Waals surface area contributed by atoms with Crippen LogP contribution in [-0.2, 0) is 0 Å². The first-order chi connectivity index (χ1) is 8.27. The van der Waals surface area contributed by atoms with Crippen LogP contribution in [0, 0.1) is 6.92 Å². The van der Waals surface area contributed by atoms with E-state index in [1.54, 1.807) is 0 Å². The predicted octanol–water partition coefficient (Wildman–Crippen LogP) is 2.79. The molecule has 1 aliphatic rings. The second-order valence-corrected chi connectivity index (χ2v) is 5.03. The number of aromatic nitrogens is 2. The highest BCUT2D eigenvalue weighted by Crippen LogP contribution is 2.31. The summed E-state index contributed by atoms with van der Waals surface area (Å²) >= 11 is 0. The Morgan fingerprint density at radius 1 is 1.24 bits per heavy atom. The molecule has 1 aliphatic carbocycles. The van der Waals surface area contributed by atoms with E-state index < -0.39 is 0 Å². The molecule has 1 aromatic carbocycles. The molecule has 1 aromatic heterocycles. The molecule has 0 bridgehead atoms. The van der Waals surface area contributed by atoms with Crippen molar-refractivity contribution in [1.29, 1.82) is 0 Å². The number of para-hydroxylation sites is 2. The van der Waals surface area contributed by atoms with Crippen molar-refractivity contribution in [3.05, 3.63) is 30.1 Å². The maximum Gasteiger partial charge on any atom is 0.107 e. The van der Waals surface area contributed by atoms with Gasteiger partial charge in [0.2, 0.25) is 0 Å². The van der Waals surface area contributed by atoms with E-state index in [1.807, 2.05) is 6.07 Å². The van der Waals surface area contributed by atoms with E-state index in [0.717, 1.165) is 17.8 Å². The summed E-state index contributed by atoms with van der Waals surface area (Å²) in [5.41, 5.74) is 8.60. The van der Waals surface area contributed by atoms with E-state index in [9.17, 15) is 0 Å². The lowest BCUT2D eigenvalue weighted by Crippen LogP contribution is -2.35. The lowest BCUT2D eigenvalue weighted by molar-refractivity contribution is 0.308. The lowest BCUT2D eigenvalue weighted by Gasteiger charge is -2.31. The Morgan fingerprint density at radius 2 is 2.00 bits per heavy atom. The SMILES string of the molecule is Cc1nc2ccccc2n1[C@@H]1CCCC[C@H]1N. The van der Waals surface area contributed by atoms with Crippen molar-refractivity contribution in [3.63, 3.8) is 0 Å². The van der Waals surface area contributed by atoms with Crippen LogP contribution in [0.3, 0.4) is 0 Å². The van der Waals surface area contributed by atoms with Gasteiger partial charge in [-0.05, 0) is 31.9 Å². The maximum atomic E-state index is 6.28. The number of hydrogen-bond acceptors (Lipinski definition) is 2. The summed E-state index contributed by atoms with van der Waals surface area (Å²) in [6, 6.07) is 9.05. The Kier molecular flexibility index (Phi) is 2.63. The zero-order chi connectivity index (χ0) is 11.8. The van der Waals surface area contributed by atoms with Crippen LogP contribution in [0.4, 0.5) is 0 Å². The zero-order valence-electron chi connectivity index (χ0n) is 10.3. The van der Waals surface area contributed by atoms with Crippen LogP contribution in [0.15, 0.2) is 24.3 Å². The molecule has 2 atom stereocenters. The molecule has 3 rings (SSSR count). The van der Waals surface area contributed by atoms with Gasteiger partial charge in [0.1, 0.15) is 5.82 Å². The Hall–Kier alpha value is -1.35. The van der Waals surface area contributed by atoms with Gasteiger partial charge in [0, 0.05) is 6.04 Å². The summed E-state index contributed by atoms with van der Waals surface area (Å²) in [6.45, 7) is 2.08. The third-order valence-electron chi connectivity index (χ3n) is 3.89. The fraction of sp³-hybridized carbons (Fsp3) is 0.500. The highest BCUT2D eigenvalue weighted by Gasteiger charge is 2.25. The molecule has 17 heavy (non-hydrogen) atoms. The van der Waals surface area contributed by atoms with Crippen molar-refractivity contribution >= 4 is 11.0 Å². The highest BCUT2D eigenvalue weighted by atomic mass is 15.1. The highest BCUT2D eigenvalue weighted by molar-refractivity contribution is 5.76. The van der Waals surface area contributed by atoms with Gasteiger partial charge < -0.3 is 10.3 Å². The number of hydrogen-bond donors (Lipinski definition) is 1. The van der Waals surface area contributed by atoms with Crippen molar-refractivity contribution in [3.8, 4) is 0 Å². The molecule has 0 radical (unpaired) electrons. The Bertz CT molecular complexity index is 529. The second kappa shape index (κ2) is 4.15. The molecule has 90 valence electrons. The summed E-state index contributed by atoms with van der Waals surface area (Å²) in [6.07, 6.45) is 4.87. The molecule has 2 N–H and O–H groups in total. The van der Waals surface area contributed by atoms with Crippen LogP contribution in [0.1, 0.15) is 37.5 Å². The summed E-state index contributed by atoms with van der Waals surface area (Å²) in [5.74, 6) is 1.09. The van der Waals surface area contributed by atoms with Crippen molar-refractivity contribution in [1.82, 2.24) is 9.55 Å². The molecule has 2 aromatic rings. The molecule has 1 fully saturated rings. The fourth-order valence-electron chi connectivity index (χ4n) is 3.04. The first-order valence-electron chi connectivity index (χ1n) is 6.46. The van der Waals surface area contributed by atoms with E-state index >= 15 is 0 Å². The monoisotopic (exact) mass is 229 g/mol. The molecule has 1 heterocycles. The van der Waals surface area contributed by atoms with E-state index in [2.05, 4.69) is 34.7 Å². The average molecular weight is 229 g/mol. The molecule has 0 amide bonds. The first kappa shape index (κ1) is 10.8. The zero-order valence-corrected chi connectivity index (χ0v) is 10.3. The van der Waals surface area contributed by atoms with Gasteiger partial charge in [0.15, 0.2) is 0 Å². The van der Waals surface area contributed by atoms with Gasteiger partial charge in [0.25, 0.3) is 0 Å². The summed E-state index contributed by atoms with van der Waals surface area (Å²) in [7, 11) is 0. The molecule has 3 heteroatoms. The van der Waals surface area contributed by atoms with Gasteiger partial charge in [-0.3, -0.25) is 0 Å². The Balaban J connectivity index is 2.12. The second-order valence-electron chi connectivity index (χ2n) is 5.03. The van der Waals surface area contributed by atoms with Gasteiger partial charge in [-0.2, -0.15) is 0 Å². The van der Waals surface area contributed by atoms with E-state index in [4.69, 9.17) is 5.73 Å². The van der Waals surface area contributed by atoms with E-state index in [1.165, 1.54) is 24.8 Å². The van der Waals surface area contributed by atoms with Gasteiger partial charge in [-0.1, -0.05) is 25.0 Å². The summed E-state index contributed by atoms with van der Waals surface area (Å²) in [4.78, 5) is 4.63. The molecule has 1 saturated carbocycles. The normalized spacial score (nSPS) is 25.3. The van der Waals surface area contributed by atoms with Crippen LogP contribution in [0.25, 0.3) is 11.0 Å². The van der Waals surface area contributed by atoms with Gasteiger partial charge in [-0.15, -0.1) is 0 Å². The van der Waals surface area contributed by atoms with Gasteiger partial charge in [-0.25, -0.2) is 4.98 Å². The van der Waals surface area contributed by atoms with Crippen LogP contribution >= 0.6 is 0 Å². The number of nitrogens with zero attached hydrogens (tertiary/aromatic N) is 2. The van der Waals surface area contributed by atoms with Crippen LogP contribution in [-0.4, -0.2) is 15.6 Å². The van der Waals surface area contributed by atoms with Crippen molar-refractivity contribution < 1.29 is 0 Å². The van der Waals surface area contributed by atoms with Crippen molar-refractivity contribution in [2.75, 3.05) is 0 Å². The fourth-order valence-corrected chi connectivity index (χ4v) is 3.04. The smallest absolute Gasteiger partial charge is 0.107 e. The number of fused-ring (bicyclic) bond motifs is 1. The molecular weight excluding hydrogens is 210 g/mol. The number of nitrogens with two attached hydrogens (primary N) is 1. The quantitative estimate of drug-likeness (QED) is 0.817. The maximum absolute atomic E-state index is 6.28. The van der Waals surface area contributed by atoms with Gasteiger partial charge in [0.05, 0.1) is 17.1 Å².